The summed E-state index contributed by atoms with van der Waals surface area (Å²) in [6.07, 6.45) is 0. The number of rotatable bonds is 6. The van der Waals surface area contributed by atoms with E-state index in [1.165, 1.54) is 5.48 Å². The molecule has 1 fully saturated rings. The Bertz CT molecular complexity index is 906. The van der Waals surface area contributed by atoms with Crippen LogP contribution in [-0.4, -0.2) is 55.7 Å². The van der Waals surface area contributed by atoms with Crippen LogP contribution in [0.2, 0.25) is 0 Å². The monoisotopic (exact) mass is 454 g/mol. The second-order valence-electron chi connectivity index (χ2n) is 6.18. The van der Waals surface area contributed by atoms with Crippen LogP contribution < -0.4 is 10.8 Å². The molecule has 8 nitrogen and oxygen atoms in total. The van der Waals surface area contributed by atoms with Crippen LogP contribution in [0.15, 0.2) is 29.2 Å². The number of carbonyl (C=O) groups is 2. The highest BCUT2D eigenvalue weighted by molar-refractivity contribution is 8.45. The third-order valence-corrected chi connectivity index (χ3v) is 7.09. The summed E-state index contributed by atoms with van der Waals surface area (Å²) in [4.78, 5) is 21.9. The summed E-state index contributed by atoms with van der Waals surface area (Å²) in [6.45, 7) is 0. The summed E-state index contributed by atoms with van der Waals surface area (Å²) >= 11 is 0. The van der Waals surface area contributed by atoms with E-state index < -0.39 is 65.5 Å². The van der Waals surface area contributed by atoms with Gasteiger partial charge >= 0.3 is 10.2 Å². The van der Waals surface area contributed by atoms with E-state index in [-0.39, 0.29) is 12.1 Å². The first-order valence-corrected chi connectivity index (χ1v) is 11.0. The predicted molar refractivity (Wildman–Crippen MR) is 87.4 cm³/mol. The van der Waals surface area contributed by atoms with Gasteiger partial charge in [0.05, 0.1) is 11.5 Å². The Morgan fingerprint density at radius 1 is 1.14 bits per heavy atom. The second-order valence-corrected chi connectivity index (χ2v) is 10.7. The highest BCUT2D eigenvalue weighted by atomic mass is 32.5. The molecule has 160 valence electrons. The minimum atomic E-state index is -9.92. The predicted octanol–water partition coefficient (Wildman–Crippen LogP) is 1.76. The van der Waals surface area contributed by atoms with E-state index in [1.54, 1.807) is 0 Å². The lowest BCUT2D eigenvalue weighted by Crippen LogP contribution is -2.71. The zero-order chi connectivity index (χ0) is 21.7. The first-order chi connectivity index (χ1) is 12.4. The normalized spacial score (nSPS) is 21.4. The lowest BCUT2D eigenvalue weighted by atomic mass is 9.95. The molecule has 1 aromatic rings. The van der Waals surface area contributed by atoms with Crippen molar-refractivity contribution in [1.82, 2.24) is 10.8 Å². The molecule has 0 radical (unpaired) electrons. The lowest BCUT2D eigenvalue weighted by molar-refractivity contribution is -0.138. The zero-order valence-corrected chi connectivity index (χ0v) is 15.6. The maximum Gasteiger partial charge on any atom is 0.310 e. The minimum absolute atomic E-state index is 0.0114. The summed E-state index contributed by atoms with van der Waals surface area (Å²) < 4.78 is 91.5. The lowest BCUT2D eigenvalue weighted by Gasteiger charge is -2.44. The van der Waals surface area contributed by atoms with Gasteiger partial charge in [0.25, 0.3) is 11.8 Å². The summed E-state index contributed by atoms with van der Waals surface area (Å²) in [6, 6.07) is -0.774. The van der Waals surface area contributed by atoms with Crippen LogP contribution in [0.4, 0.5) is 19.4 Å². The zero-order valence-electron chi connectivity index (χ0n) is 14.0. The van der Waals surface area contributed by atoms with E-state index >= 15 is 0 Å². The van der Waals surface area contributed by atoms with E-state index in [4.69, 9.17) is 9.94 Å². The Labute approximate surface area is 155 Å². The largest absolute Gasteiger partial charge is 0.373 e. The molecule has 1 aliphatic heterocycles. The average molecular weight is 454 g/mol. The van der Waals surface area contributed by atoms with Gasteiger partial charge in [-0.05, 0) is 24.3 Å². The number of hydrogen-bond donors (Lipinski definition) is 3. The van der Waals surface area contributed by atoms with Crippen LogP contribution in [-0.2, 0) is 19.4 Å². The third kappa shape index (κ3) is 4.53. The molecule has 0 aliphatic carbocycles. The maximum absolute atomic E-state index is 12.7. The molecule has 3 N–H and O–H groups in total. The van der Waals surface area contributed by atoms with Crippen LogP contribution >= 0.6 is 10.2 Å². The molecule has 0 saturated carbocycles. The molecule has 0 spiro atoms. The summed E-state index contributed by atoms with van der Waals surface area (Å²) in [5, 5.41) is 10.9. The van der Waals surface area contributed by atoms with E-state index in [0.29, 0.717) is 12.1 Å². The van der Waals surface area contributed by atoms with Crippen molar-refractivity contribution in [3.8, 4) is 0 Å². The Morgan fingerprint density at radius 2 is 1.64 bits per heavy atom. The number of ether oxygens (including phenoxy) is 1. The number of nitrogens with one attached hydrogen (secondary N) is 2. The number of carbonyl (C=O) groups excluding carboxylic acids is 2. The highest BCUT2D eigenvalue weighted by Crippen LogP contribution is 3.02. The summed E-state index contributed by atoms with van der Waals surface area (Å²) in [5.74, 6) is -3.76. The molecule has 2 amide bonds. The number of sulfone groups is 1. The van der Waals surface area contributed by atoms with Crippen molar-refractivity contribution in [1.29, 1.82) is 0 Å². The number of amides is 2. The average Bonchev–Trinajstić information content (AvgIpc) is 2.54. The van der Waals surface area contributed by atoms with E-state index in [0.717, 1.165) is 7.11 Å². The van der Waals surface area contributed by atoms with Gasteiger partial charge in [0.15, 0.2) is 9.84 Å². The molecule has 15 heteroatoms. The van der Waals surface area contributed by atoms with Gasteiger partial charge in [-0.2, -0.15) is 0 Å². The van der Waals surface area contributed by atoms with Crippen LogP contribution in [0, 0.1) is 0 Å². The van der Waals surface area contributed by atoms with Crippen molar-refractivity contribution >= 4 is 31.9 Å². The van der Waals surface area contributed by atoms with Gasteiger partial charge in [-0.15, -0.1) is 0 Å². The fourth-order valence-electron chi connectivity index (χ4n) is 2.68. The van der Waals surface area contributed by atoms with Crippen LogP contribution in [0.1, 0.15) is 10.4 Å². The number of halogens is 5. The second kappa shape index (κ2) is 6.01. The van der Waals surface area contributed by atoms with E-state index in [1.807, 2.05) is 5.32 Å². The Morgan fingerprint density at radius 3 is 2.00 bits per heavy atom. The van der Waals surface area contributed by atoms with Crippen LogP contribution in [0.5, 0.6) is 0 Å². The maximum atomic E-state index is 12.7. The molecule has 1 heterocycles. The van der Waals surface area contributed by atoms with Crippen molar-refractivity contribution in [3.05, 3.63) is 29.8 Å². The standard InChI is InChI=1S/C13H15F5N2O6S2/c1-26-13(6-27(24,25)7-13)10(12(22)20-23)19-11(21)8-2-4-9(5-3-8)28(14,15,16,17)18/h2-5,10,23H,6-7H2,1H3,(H,19,21)(H,20,22). The van der Waals surface area contributed by atoms with Crippen LogP contribution in [0.25, 0.3) is 0 Å². The molecule has 1 unspecified atom stereocenters. The SMILES string of the molecule is COC1(C(NC(=O)c2ccc(S(F)(F)(F)(F)F)cc2)C(=O)NO)CS(=O)(=O)C1. The molecule has 0 bridgehead atoms. The number of methoxy groups -OCH3 is 1. The molecule has 1 saturated heterocycles. The van der Waals surface area contributed by atoms with Crippen molar-refractivity contribution in [2.45, 2.75) is 16.5 Å². The van der Waals surface area contributed by atoms with E-state index in [2.05, 4.69) is 0 Å². The number of hydroxylamine groups is 1. The van der Waals surface area contributed by atoms with Crippen molar-refractivity contribution in [3.63, 3.8) is 0 Å². The summed E-state index contributed by atoms with van der Waals surface area (Å²) in [7, 11) is -12.4. The van der Waals surface area contributed by atoms with Gasteiger partial charge in [0, 0.05) is 12.7 Å². The molecule has 0 aromatic heterocycles. The molecule has 2 rings (SSSR count). The number of benzene rings is 1. The topological polar surface area (TPSA) is 122 Å². The van der Waals surface area contributed by atoms with Crippen molar-refractivity contribution < 1.29 is 47.4 Å². The fraction of sp³-hybridized carbons (Fsp3) is 0.385. The van der Waals surface area contributed by atoms with Gasteiger partial charge in [-0.3, -0.25) is 14.8 Å². The van der Waals surface area contributed by atoms with Crippen molar-refractivity contribution in [2.24, 2.45) is 0 Å². The molecule has 1 aliphatic rings. The molecule has 1 atom stereocenters. The van der Waals surface area contributed by atoms with Gasteiger partial charge < -0.3 is 10.1 Å². The quantitative estimate of drug-likeness (QED) is 0.342. The molecule has 1 aromatic carbocycles. The molecule has 28 heavy (non-hydrogen) atoms. The van der Waals surface area contributed by atoms with Gasteiger partial charge in [-0.1, -0.05) is 19.4 Å². The third-order valence-electron chi connectivity index (χ3n) is 4.07. The minimum Gasteiger partial charge on any atom is -0.373 e. The van der Waals surface area contributed by atoms with Gasteiger partial charge in [0.2, 0.25) is 0 Å². The Balaban J connectivity index is 2.29. The van der Waals surface area contributed by atoms with Crippen LogP contribution in [0.3, 0.4) is 0 Å². The molecular weight excluding hydrogens is 439 g/mol. The van der Waals surface area contributed by atoms with Gasteiger partial charge in [0.1, 0.15) is 16.5 Å². The Hall–Kier alpha value is -1.97. The Kier molecular flexibility index (Phi) is 4.79. The van der Waals surface area contributed by atoms with Gasteiger partial charge in [-0.25, -0.2) is 13.9 Å². The van der Waals surface area contributed by atoms with E-state index in [9.17, 15) is 37.4 Å². The van der Waals surface area contributed by atoms with Crippen molar-refractivity contribution in [2.75, 3.05) is 18.6 Å². The first kappa shape index (κ1) is 22.3. The first-order valence-electron chi connectivity index (χ1n) is 7.28. The fourth-order valence-corrected chi connectivity index (χ4v) is 5.31. The highest BCUT2D eigenvalue weighted by Gasteiger charge is 2.65. The smallest absolute Gasteiger partial charge is 0.310 e. The molecular formula is C13H15F5N2O6S2. The summed E-state index contributed by atoms with van der Waals surface area (Å²) in [5.41, 5.74) is -1.01. The number of hydrogen-bond acceptors (Lipinski definition) is 6.